The first-order valence-corrected chi connectivity index (χ1v) is 8.58. The van der Waals surface area contributed by atoms with Gasteiger partial charge in [0.1, 0.15) is 0 Å². The third kappa shape index (κ3) is 4.60. The number of nitrogens with zero attached hydrogens (tertiary/aromatic N) is 2. The van der Waals surface area contributed by atoms with Crippen LogP contribution in [0.15, 0.2) is 24.3 Å². The van der Waals surface area contributed by atoms with Crippen LogP contribution in [0.4, 0.5) is 5.69 Å². The van der Waals surface area contributed by atoms with E-state index < -0.39 is 0 Å². The summed E-state index contributed by atoms with van der Waals surface area (Å²) in [5, 5.41) is 4.42. The molecule has 0 aromatic heterocycles. The van der Waals surface area contributed by atoms with Crippen LogP contribution in [-0.4, -0.2) is 50.2 Å². The maximum absolute atomic E-state index is 6.30. The van der Waals surface area contributed by atoms with Gasteiger partial charge in [0.15, 0.2) is 0 Å². The Hall–Kier alpha value is -0.770. The molecule has 1 heterocycles. The van der Waals surface area contributed by atoms with Gasteiger partial charge in [0, 0.05) is 38.8 Å². The number of anilines is 1. The summed E-state index contributed by atoms with van der Waals surface area (Å²) in [6.07, 6.45) is 2.42. The van der Waals surface area contributed by atoms with Crippen LogP contribution < -0.4 is 10.2 Å². The molecule has 2 rings (SSSR count). The number of halogens is 1. The average Bonchev–Trinajstić information content (AvgIpc) is 2.53. The molecular weight excluding hydrogens is 282 g/mol. The molecule has 118 valence electrons. The number of rotatable bonds is 7. The van der Waals surface area contributed by atoms with Gasteiger partial charge in [-0.1, -0.05) is 37.6 Å². The van der Waals surface area contributed by atoms with E-state index in [0.717, 1.165) is 44.3 Å². The molecule has 3 nitrogen and oxygen atoms in total. The van der Waals surface area contributed by atoms with Gasteiger partial charge in [-0.3, -0.25) is 4.90 Å². The van der Waals surface area contributed by atoms with Gasteiger partial charge in [-0.05, 0) is 31.5 Å². The Labute approximate surface area is 134 Å². The van der Waals surface area contributed by atoms with Crippen molar-refractivity contribution >= 4 is 17.3 Å². The van der Waals surface area contributed by atoms with Crippen LogP contribution in [0, 0.1) is 0 Å². The molecule has 0 radical (unpaired) electrons. The third-order valence-corrected chi connectivity index (χ3v) is 4.62. The fourth-order valence-corrected chi connectivity index (χ4v) is 3.27. The van der Waals surface area contributed by atoms with Gasteiger partial charge in [-0.15, -0.1) is 0 Å². The van der Waals surface area contributed by atoms with Crippen LogP contribution in [0.3, 0.4) is 0 Å². The van der Waals surface area contributed by atoms with Crippen molar-refractivity contribution in [3.8, 4) is 0 Å². The molecule has 1 N–H and O–H groups in total. The van der Waals surface area contributed by atoms with Crippen molar-refractivity contribution in [1.29, 1.82) is 0 Å². The number of piperazine rings is 1. The molecule has 21 heavy (non-hydrogen) atoms. The summed E-state index contributed by atoms with van der Waals surface area (Å²) in [5.41, 5.74) is 1.18. The van der Waals surface area contributed by atoms with Crippen molar-refractivity contribution in [3.63, 3.8) is 0 Å². The van der Waals surface area contributed by atoms with Gasteiger partial charge in [0.2, 0.25) is 0 Å². The van der Waals surface area contributed by atoms with Crippen molar-refractivity contribution in [2.45, 2.75) is 32.7 Å². The van der Waals surface area contributed by atoms with Crippen LogP contribution in [0.25, 0.3) is 0 Å². The zero-order valence-electron chi connectivity index (χ0n) is 13.3. The second-order valence-electron chi connectivity index (χ2n) is 5.74. The highest BCUT2D eigenvalue weighted by molar-refractivity contribution is 6.33. The largest absolute Gasteiger partial charge is 0.368 e. The molecule has 1 aliphatic rings. The Balaban J connectivity index is 1.86. The fourth-order valence-electron chi connectivity index (χ4n) is 3.01. The molecule has 1 aromatic rings. The predicted octanol–water partition coefficient (Wildman–Crippen LogP) is 3.24. The Morgan fingerprint density at radius 3 is 2.48 bits per heavy atom. The maximum Gasteiger partial charge on any atom is 0.0639 e. The minimum Gasteiger partial charge on any atom is -0.368 e. The summed E-state index contributed by atoms with van der Waals surface area (Å²) >= 11 is 6.30. The third-order valence-electron chi connectivity index (χ3n) is 4.30. The molecule has 4 heteroatoms. The molecule has 1 atom stereocenters. The van der Waals surface area contributed by atoms with Crippen LogP contribution in [0.2, 0.25) is 5.02 Å². The highest BCUT2D eigenvalue weighted by atomic mass is 35.5. The van der Waals surface area contributed by atoms with Crippen LogP contribution in [0.1, 0.15) is 26.7 Å². The van der Waals surface area contributed by atoms with Gasteiger partial charge in [0.05, 0.1) is 10.7 Å². The highest BCUT2D eigenvalue weighted by Crippen LogP contribution is 2.26. The van der Waals surface area contributed by atoms with Crippen LogP contribution in [-0.2, 0) is 0 Å². The second-order valence-corrected chi connectivity index (χ2v) is 6.15. The molecule has 1 aliphatic heterocycles. The van der Waals surface area contributed by atoms with E-state index >= 15 is 0 Å². The minimum absolute atomic E-state index is 0.657. The first kappa shape index (κ1) is 16.6. The summed E-state index contributed by atoms with van der Waals surface area (Å²) in [7, 11) is 0. The van der Waals surface area contributed by atoms with E-state index in [1.165, 1.54) is 18.5 Å². The molecular formula is C17H28ClN3. The molecule has 0 amide bonds. The Kier molecular flexibility index (Phi) is 6.81. The van der Waals surface area contributed by atoms with Crippen LogP contribution >= 0.6 is 11.6 Å². The quantitative estimate of drug-likeness (QED) is 0.780. The number of hydrogen-bond donors (Lipinski definition) is 1. The van der Waals surface area contributed by atoms with Crippen molar-refractivity contribution in [2.24, 2.45) is 0 Å². The summed E-state index contributed by atoms with van der Waals surface area (Å²) in [4.78, 5) is 5.03. The highest BCUT2D eigenvalue weighted by Gasteiger charge is 2.23. The normalized spacial score (nSPS) is 18.0. The zero-order chi connectivity index (χ0) is 15.1. The number of para-hydroxylation sites is 1. The van der Waals surface area contributed by atoms with Gasteiger partial charge < -0.3 is 10.2 Å². The standard InChI is InChI=1S/C17H28ClN3/c1-3-9-19-14-15(4-2)20-10-12-21(13-11-20)17-8-6-5-7-16(17)18/h5-8,15,19H,3-4,9-14H2,1-2H3. The van der Waals surface area contributed by atoms with Gasteiger partial charge in [0.25, 0.3) is 0 Å². The smallest absolute Gasteiger partial charge is 0.0639 e. The lowest BCUT2D eigenvalue weighted by Crippen LogP contribution is -2.52. The second kappa shape index (κ2) is 8.62. The lowest BCUT2D eigenvalue weighted by molar-refractivity contribution is 0.176. The molecule has 0 saturated carbocycles. The maximum atomic E-state index is 6.30. The van der Waals surface area contributed by atoms with E-state index in [0.29, 0.717) is 6.04 Å². The summed E-state index contributed by atoms with van der Waals surface area (Å²) < 4.78 is 0. The fraction of sp³-hybridized carbons (Fsp3) is 0.647. The molecule has 1 saturated heterocycles. The van der Waals surface area contributed by atoms with Crippen molar-refractivity contribution in [1.82, 2.24) is 10.2 Å². The molecule has 0 aliphatic carbocycles. The van der Waals surface area contributed by atoms with E-state index in [9.17, 15) is 0 Å². The Bertz CT molecular complexity index is 416. The molecule has 0 bridgehead atoms. The molecule has 1 unspecified atom stereocenters. The zero-order valence-corrected chi connectivity index (χ0v) is 14.1. The van der Waals surface area contributed by atoms with E-state index in [-0.39, 0.29) is 0 Å². The molecule has 1 fully saturated rings. The van der Waals surface area contributed by atoms with Gasteiger partial charge in [-0.2, -0.15) is 0 Å². The van der Waals surface area contributed by atoms with Gasteiger partial charge in [-0.25, -0.2) is 0 Å². The number of benzene rings is 1. The number of nitrogens with one attached hydrogen (secondary N) is 1. The van der Waals surface area contributed by atoms with E-state index in [1.807, 2.05) is 12.1 Å². The van der Waals surface area contributed by atoms with Crippen molar-refractivity contribution in [2.75, 3.05) is 44.2 Å². The lowest BCUT2D eigenvalue weighted by atomic mass is 10.1. The van der Waals surface area contributed by atoms with E-state index in [1.54, 1.807) is 0 Å². The van der Waals surface area contributed by atoms with Crippen molar-refractivity contribution in [3.05, 3.63) is 29.3 Å². The van der Waals surface area contributed by atoms with E-state index in [4.69, 9.17) is 11.6 Å². The monoisotopic (exact) mass is 309 g/mol. The molecule has 0 spiro atoms. The Morgan fingerprint density at radius 2 is 1.86 bits per heavy atom. The number of hydrogen-bond acceptors (Lipinski definition) is 3. The first-order valence-electron chi connectivity index (χ1n) is 8.20. The van der Waals surface area contributed by atoms with Crippen molar-refractivity contribution < 1.29 is 0 Å². The topological polar surface area (TPSA) is 18.5 Å². The SMILES string of the molecule is CCCNCC(CC)N1CCN(c2ccccc2Cl)CC1. The predicted molar refractivity (Wildman–Crippen MR) is 92.5 cm³/mol. The van der Waals surface area contributed by atoms with Crippen LogP contribution in [0.5, 0.6) is 0 Å². The van der Waals surface area contributed by atoms with E-state index in [2.05, 4.69) is 41.1 Å². The van der Waals surface area contributed by atoms with Gasteiger partial charge >= 0.3 is 0 Å². The summed E-state index contributed by atoms with van der Waals surface area (Å²) in [6, 6.07) is 8.82. The summed E-state index contributed by atoms with van der Waals surface area (Å²) in [6.45, 7) is 11.1. The summed E-state index contributed by atoms with van der Waals surface area (Å²) in [5.74, 6) is 0. The molecule has 1 aromatic carbocycles. The Morgan fingerprint density at radius 1 is 1.14 bits per heavy atom. The minimum atomic E-state index is 0.657. The lowest BCUT2D eigenvalue weighted by Gasteiger charge is -2.40. The average molecular weight is 310 g/mol. The first-order chi connectivity index (χ1) is 10.3.